The van der Waals surface area contributed by atoms with Crippen LogP contribution in [0.25, 0.3) is 5.76 Å². The van der Waals surface area contributed by atoms with E-state index in [9.17, 15) is 4.79 Å². The van der Waals surface area contributed by atoms with Gasteiger partial charge in [-0.3, -0.25) is 4.79 Å². The zero-order valence-corrected chi connectivity index (χ0v) is 7.77. The SMILES string of the molecule is CC1=C(c2ccccc2)OC(C=O)O1. The maximum atomic E-state index is 10.5. The molecule has 0 aliphatic carbocycles. The fourth-order valence-electron chi connectivity index (χ4n) is 1.37. The monoisotopic (exact) mass is 190 g/mol. The Bertz CT molecular complexity index is 367. The molecule has 0 fully saturated rings. The lowest BCUT2D eigenvalue weighted by molar-refractivity contribution is -0.128. The van der Waals surface area contributed by atoms with E-state index in [-0.39, 0.29) is 0 Å². The summed E-state index contributed by atoms with van der Waals surface area (Å²) in [4.78, 5) is 10.5. The van der Waals surface area contributed by atoms with Crippen molar-refractivity contribution in [3.8, 4) is 0 Å². The van der Waals surface area contributed by atoms with Gasteiger partial charge in [0.2, 0.25) is 6.29 Å². The first kappa shape index (κ1) is 8.81. The van der Waals surface area contributed by atoms with Crippen molar-refractivity contribution in [1.29, 1.82) is 0 Å². The summed E-state index contributed by atoms with van der Waals surface area (Å²) in [6.45, 7) is 1.78. The largest absolute Gasteiger partial charge is 0.449 e. The number of hydrogen-bond acceptors (Lipinski definition) is 3. The number of allylic oxidation sites excluding steroid dienone is 1. The Morgan fingerprint density at radius 3 is 2.50 bits per heavy atom. The molecule has 1 aromatic carbocycles. The average molecular weight is 190 g/mol. The summed E-state index contributed by atoms with van der Waals surface area (Å²) in [5.74, 6) is 1.29. The van der Waals surface area contributed by atoms with E-state index < -0.39 is 6.29 Å². The third-order valence-electron chi connectivity index (χ3n) is 1.99. The Hall–Kier alpha value is -1.77. The van der Waals surface area contributed by atoms with E-state index >= 15 is 0 Å². The van der Waals surface area contributed by atoms with Crippen LogP contribution < -0.4 is 0 Å². The molecule has 0 saturated carbocycles. The van der Waals surface area contributed by atoms with Crippen molar-refractivity contribution < 1.29 is 14.3 Å². The topological polar surface area (TPSA) is 35.5 Å². The number of rotatable bonds is 2. The number of hydrogen-bond donors (Lipinski definition) is 0. The fourth-order valence-corrected chi connectivity index (χ4v) is 1.37. The molecule has 1 aliphatic rings. The first-order valence-corrected chi connectivity index (χ1v) is 4.36. The van der Waals surface area contributed by atoms with Crippen LogP contribution in [0.1, 0.15) is 12.5 Å². The Morgan fingerprint density at radius 1 is 1.21 bits per heavy atom. The minimum absolute atomic E-state index is 0.638. The van der Waals surface area contributed by atoms with Crippen molar-refractivity contribution >= 4 is 12.0 Å². The van der Waals surface area contributed by atoms with Crippen LogP contribution in [-0.4, -0.2) is 12.6 Å². The molecule has 3 heteroatoms. The molecule has 0 spiro atoms. The van der Waals surface area contributed by atoms with Gasteiger partial charge in [0.05, 0.1) is 0 Å². The van der Waals surface area contributed by atoms with Crippen LogP contribution in [0.5, 0.6) is 0 Å². The number of benzene rings is 1. The Balaban J connectivity index is 2.28. The van der Waals surface area contributed by atoms with E-state index in [4.69, 9.17) is 9.47 Å². The summed E-state index contributed by atoms with van der Waals surface area (Å²) < 4.78 is 10.5. The summed E-state index contributed by atoms with van der Waals surface area (Å²) in [5.41, 5.74) is 0.925. The van der Waals surface area contributed by atoms with Crippen LogP contribution in [0.3, 0.4) is 0 Å². The predicted molar refractivity (Wildman–Crippen MR) is 51.1 cm³/mol. The van der Waals surface area contributed by atoms with E-state index in [0.29, 0.717) is 17.8 Å². The van der Waals surface area contributed by atoms with Crippen LogP contribution in [0.15, 0.2) is 36.1 Å². The molecular weight excluding hydrogens is 180 g/mol. The van der Waals surface area contributed by atoms with Gasteiger partial charge in [-0.05, 0) is 6.92 Å². The normalized spacial score (nSPS) is 20.2. The molecule has 1 aromatic rings. The van der Waals surface area contributed by atoms with Crippen molar-refractivity contribution in [3.05, 3.63) is 41.7 Å². The zero-order valence-electron chi connectivity index (χ0n) is 7.77. The third-order valence-corrected chi connectivity index (χ3v) is 1.99. The molecule has 0 aromatic heterocycles. The second-order valence-corrected chi connectivity index (χ2v) is 2.99. The highest BCUT2D eigenvalue weighted by Gasteiger charge is 2.24. The van der Waals surface area contributed by atoms with Crippen molar-refractivity contribution in [2.45, 2.75) is 13.2 Å². The van der Waals surface area contributed by atoms with Gasteiger partial charge in [0.15, 0.2) is 5.76 Å². The van der Waals surface area contributed by atoms with E-state index in [1.165, 1.54) is 0 Å². The van der Waals surface area contributed by atoms with Gasteiger partial charge in [-0.15, -0.1) is 0 Å². The highest BCUT2D eigenvalue weighted by Crippen LogP contribution is 2.28. The molecule has 0 N–H and O–H groups in total. The Morgan fingerprint density at radius 2 is 1.93 bits per heavy atom. The van der Waals surface area contributed by atoms with E-state index in [0.717, 1.165) is 5.56 Å². The summed E-state index contributed by atoms with van der Waals surface area (Å²) in [6.07, 6.45) is -0.149. The van der Waals surface area contributed by atoms with Crippen molar-refractivity contribution in [2.75, 3.05) is 0 Å². The van der Waals surface area contributed by atoms with E-state index in [1.54, 1.807) is 6.92 Å². The summed E-state index contributed by atoms with van der Waals surface area (Å²) in [7, 11) is 0. The second kappa shape index (κ2) is 3.54. The van der Waals surface area contributed by atoms with Gasteiger partial charge in [0.25, 0.3) is 6.29 Å². The number of carbonyl (C=O) groups is 1. The third kappa shape index (κ3) is 1.48. The van der Waals surface area contributed by atoms with Crippen LogP contribution in [0.4, 0.5) is 0 Å². The smallest absolute Gasteiger partial charge is 0.297 e. The van der Waals surface area contributed by atoms with Crippen molar-refractivity contribution in [1.82, 2.24) is 0 Å². The molecule has 2 rings (SSSR count). The van der Waals surface area contributed by atoms with Gasteiger partial charge in [-0.1, -0.05) is 30.3 Å². The number of ether oxygens (including phenoxy) is 2. The van der Waals surface area contributed by atoms with Gasteiger partial charge in [-0.2, -0.15) is 0 Å². The zero-order chi connectivity index (χ0) is 9.97. The van der Waals surface area contributed by atoms with Crippen LogP contribution in [0.2, 0.25) is 0 Å². The molecular formula is C11H10O3. The molecule has 3 nitrogen and oxygen atoms in total. The lowest BCUT2D eigenvalue weighted by Gasteiger charge is -2.03. The fraction of sp³-hybridized carbons (Fsp3) is 0.182. The second-order valence-electron chi connectivity index (χ2n) is 2.99. The van der Waals surface area contributed by atoms with Gasteiger partial charge < -0.3 is 9.47 Å². The highest BCUT2D eigenvalue weighted by atomic mass is 16.7. The quantitative estimate of drug-likeness (QED) is 0.668. The molecule has 0 radical (unpaired) electrons. The molecule has 72 valence electrons. The number of aldehydes is 1. The molecule has 14 heavy (non-hydrogen) atoms. The summed E-state index contributed by atoms with van der Waals surface area (Å²) >= 11 is 0. The van der Waals surface area contributed by atoms with Crippen molar-refractivity contribution in [2.24, 2.45) is 0 Å². The lowest BCUT2D eigenvalue weighted by Crippen LogP contribution is -2.09. The minimum Gasteiger partial charge on any atom is -0.449 e. The maximum absolute atomic E-state index is 10.5. The molecule has 1 atom stereocenters. The molecule has 0 amide bonds. The van der Waals surface area contributed by atoms with E-state index in [1.807, 2.05) is 30.3 Å². The Labute approximate surface area is 81.9 Å². The highest BCUT2D eigenvalue weighted by molar-refractivity contribution is 5.67. The standard InChI is InChI=1S/C11H10O3/c1-8-11(14-10(7-12)13-8)9-5-3-2-4-6-9/h2-7,10H,1H3. The van der Waals surface area contributed by atoms with Crippen LogP contribution in [-0.2, 0) is 14.3 Å². The minimum atomic E-state index is -0.787. The molecule has 1 aliphatic heterocycles. The first-order chi connectivity index (χ1) is 6.81. The first-order valence-electron chi connectivity index (χ1n) is 4.36. The number of carbonyl (C=O) groups excluding carboxylic acids is 1. The summed E-state index contributed by atoms with van der Waals surface area (Å²) in [5, 5.41) is 0. The molecule has 1 unspecified atom stereocenters. The Kier molecular flexibility index (Phi) is 2.23. The summed E-state index contributed by atoms with van der Waals surface area (Å²) in [6, 6.07) is 9.57. The van der Waals surface area contributed by atoms with Gasteiger partial charge in [0, 0.05) is 5.56 Å². The van der Waals surface area contributed by atoms with Crippen molar-refractivity contribution in [3.63, 3.8) is 0 Å². The van der Waals surface area contributed by atoms with Crippen LogP contribution in [0, 0.1) is 0 Å². The lowest BCUT2D eigenvalue weighted by atomic mass is 10.2. The van der Waals surface area contributed by atoms with Gasteiger partial charge in [-0.25, -0.2) is 0 Å². The maximum Gasteiger partial charge on any atom is 0.297 e. The molecule has 0 bridgehead atoms. The predicted octanol–water partition coefficient (Wildman–Crippen LogP) is 1.95. The molecule has 0 saturated heterocycles. The molecule has 1 heterocycles. The van der Waals surface area contributed by atoms with Gasteiger partial charge >= 0.3 is 0 Å². The van der Waals surface area contributed by atoms with Crippen LogP contribution >= 0.6 is 0 Å². The van der Waals surface area contributed by atoms with Gasteiger partial charge in [0.1, 0.15) is 5.76 Å². The van der Waals surface area contributed by atoms with E-state index in [2.05, 4.69) is 0 Å². The average Bonchev–Trinajstić information content (AvgIpc) is 2.61.